The molecule has 0 aromatic carbocycles. The standard InChI is InChI=1S/C79H141N2O7P/c1-7-10-13-16-19-22-25-28-30-32-34-36-38-39-40-41-43-45-47-49-51-54-57-60-63-66-69-72-79(83)88-77(70-67-64-61-58-55-52-27-24-21-18-15-12-9-3)76(75-87-89(84,85)86-74-73-81(4,5)6)80-78(82)71-68-65-62-59-56-53-50-48-46-44-42-37-35-33-31-29-26-23-20-17-14-11-8-2/h10,13,19-20,22-23,28-31,34-37,39-40,67,70,76-77H,7-9,11-12,14-18,21,24-27,32-33,38,41-66,68-69,71-75H2,1-6H3,(H-,80,82,84,85)/p+1/b13-10-,22-19-,23-20-,30-28-,31-29-,36-34-,37-35-,40-39-,70-67+. The Morgan fingerprint density at radius 2 is 0.719 bits per heavy atom. The van der Waals surface area contributed by atoms with Gasteiger partial charge in [-0.25, -0.2) is 4.57 Å². The van der Waals surface area contributed by atoms with E-state index >= 15 is 0 Å². The molecule has 0 aliphatic rings. The summed E-state index contributed by atoms with van der Waals surface area (Å²) in [6.07, 6.45) is 93.8. The molecular formula is C79H142N2O7P+. The molecule has 0 heterocycles. The molecule has 514 valence electrons. The topological polar surface area (TPSA) is 111 Å². The molecule has 1 amide bonds. The van der Waals surface area contributed by atoms with Gasteiger partial charge in [-0.3, -0.25) is 18.6 Å². The highest BCUT2D eigenvalue weighted by molar-refractivity contribution is 7.47. The number of carbonyl (C=O) groups excluding carboxylic acids is 2. The van der Waals surface area contributed by atoms with E-state index in [1.807, 2.05) is 33.3 Å². The number of nitrogens with zero attached hydrogens (tertiary/aromatic N) is 1. The fraction of sp³-hybridized carbons (Fsp3) is 0.747. The maximum atomic E-state index is 13.6. The third-order valence-electron chi connectivity index (χ3n) is 16.2. The van der Waals surface area contributed by atoms with Gasteiger partial charge in [0.15, 0.2) is 0 Å². The lowest BCUT2D eigenvalue weighted by Crippen LogP contribution is -2.47. The van der Waals surface area contributed by atoms with Crippen LogP contribution in [0.5, 0.6) is 0 Å². The Morgan fingerprint density at radius 1 is 0.404 bits per heavy atom. The number of phosphoric acid groups is 1. The lowest BCUT2D eigenvalue weighted by atomic mass is 10.0. The molecule has 0 aliphatic heterocycles. The van der Waals surface area contributed by atoms with Crippen molar-refractivity contribution in [1.29, 1.82) is 0 Å². The van der Waals surface area contributed by atoms with Gasteiger partial charge in [0, 0.05) is 12.8 Å². The molecule has 0 saturated carbocycles. The number of quaternary nitrogens is 1. The van der Waals surface area contributed by atoms with E-state index in [0.29, 0.717) is 17.4 Å². The minimum Gasteiger partial charge on any atom is -0.456 e. The Morgan fingerprint density at radius 3 is 1.10 bits per heavy atom. The van der Waals surface area contributed by atoms with Gasteiger partial charge in [-0.2, -0.15) is 0 Å². The SMILES string of the molecule is CC/C=C\C/C=C\C/C=C\C/C=C\C/C=C\CCCCCCCCCCCCCC(=O)OC(/C=C/CCCCCCCCCCCCC)C(COP(=O)(O)OCC[N+](C)(C)C)NC(=O)CCCCCCCCCCCC/C=C\C/C=C\C/C=C\CCCCC. The number of phosphoric ester groups is 1. The van der Waals surface area contributed by atoms with E-state index < -0.39 is 20.0 Å². The van der Waals surface area contributed by atoms with Crippen LogP contribution < -0.4 is 5.32 Å². The van der Waals surface area contributed by atoms with E-state index in [9.17, 15) is 19.0 Å². The number of ether oxygens (including phenoxy) is 1. The van der Waals surface area contributed by atoms with E-state index in [1.54, 1.807) is 0 Å². The summed E-state index contributed by atoms with van der Waals surface area (Å²) in [5.41, 5.74) is 0. The summed E-state index contributed by atoms with van der Waals surface area (Å²) in [7, 11) is 1.49. The first-order valence-corrected chi connectivity index (χ1v) is 38.7. The van der Waals surface area contributed by atoms with Crippen molar-refractivity contribution in [3.63, 3.8) is 0 Å². The number of likely N-dealkylation sites (N-methyl/N-ethyl adjacent to an activating group) is 1. The van der Waals surface area contributed by atoms with Gasteiger partial charge in [-0.15, -0.1) is 0 Å². The van der Waals surface area contributed by atoms with Crippen molar-refractivity contribution >= 4 is 19.7 Å². The van der Waals surface area contributed by atoms with Crippen molar-refractivity contribution in [2.24, 2.45) is 0 Å². The molecule has 0 aliphatic carbocycles. The van der Waals surface area contributed by atoms with Gasteiger partial charge in [0.25, 0.3) is 0 Å². The first-order chi connectivity index (χ1) is 43.4. The second-order valence-electron chi connectivity index (χ2n) is 26.1. The van der Waals surface area contributed by atoms with Crippen LogP contribution in [0.2, 0.25) is 0 Å². The molecule has 0 aromatic rings. The molecule has 0 saturated heterocycles. The van der Waals surface area contributed by atoms with Gasteiger partial charge in [-0.1, -0.05) is 310 Å². The molecule has 10 heteroatoms. The number of rotatable bonds is 67. The molecule has 0 aromatic heterocycles. The van der Waals surface area contributed by atoms with E-state index in [0.717, 1.165) is 103 Å². The van der Waals surface area contributed by atoms with E-state index in [-0.39, 0.29) is 31.5 Å². The second kappa shape index (κ2) is 67.6. The Bertz CT molecular complexity index is 1890. The molecule has 0 rings (SSSR count). The van der Waals surface area contributed by atoms with Crippen LogP contribution >= 0.6 is 7.82 Å². The molecule has 3 unspecified atom stereocenters. The molecule has 0 radical (unpaired) electrons. The van der Waals surface area contributed by atoms with Crippen molar-refractivity contribution in [1.82, 2.24) is 5.32 Å². The summed E-state index contributed by atoms with van der Waals surface area (Å²) in [5.74, 6) is -0.508. The lowest BCUT2D eigenvalue weighted by molar-refractivity contribution is -0.870. The molecular weight excluding hydrogens is 1120 g/mol. The number of esters is 1. The highest BCUT2D eigenvalue weighted by Gasteiger charge is 2.30. The number of carbonyl (C=O) groups is 2. The first-order valence-electron chi connectivity index (χ1n) is 37.2. The van der Waals surface area contributed by atoms with Crippen molar-refractivity contribution < 1.29 is 37.3 Å². The molecule has 89 heavy (non-hydrogen) atoms. The maximum Gasteiger partial charge on any atom is 0.472 e. The summed E-state index contributed by atoms with van der Waals surface area (Å²) < 4.78 is 30.9. The van der Waals surface area contributed by atoms with Gasteiger partial charge < -0.3 is 19.4 Å². The fourth-order valence-corrected chi connectivity index (χ4v) is 11.2. The van der Waals surface area contributed by atoms with E-state index in [2.05, 4.69) is 123 Å². The third-order valence-corrected chi connectivity index (χ3v) is 17.2. The monoisotopic (exact) mass is 1260 g/mol. The summed E-state index contributed by atoms with van der Waals surface area (Å²) >= 11 is 0. The summed E-state index contributed by atoms with van der Waals surface area (Å²) in [4.78, 5) is 38.0. The quantitative estimate of drug-likeness (QED) is 0.0205. The van der Waals surface area contributed by atoms with E-state index in [4.69, 9.17) is 13.8 Å². The van der Waals surface area contributed by atoms with Crippen LogP contribution in [0.15, 0.2) is 109 Å². The number of hydrogen-bond acceptors (Lipinski definition) is 6. The normalized spacial score (nSPS) is 14.1. The Hall–Kier alpha value is -3.33. The van der Waals surface area contributed by atoms with Gasteiger partial charge in [0.2, 0.25) is 5.91 Å². The summed E-state index contributed by atoms with van der Waals surface area (Å²) in [5, 5.41) is 3.07. The average molecular weight is 1260 g/mol. The van der Waals surface area contributed by atoms with Crippen LogP contribution in [0, 0.1) is 0 Å². The molecule has 0 spiro atoms. The largest absolute Gasteiger partial charge is 0.472 e. The van der Waals surface area contributed by atoms with Crippen LogP contribution in [-0.2, 0) is 27.9 Å². The van der Waals surface area contributed by atoms with Crippen LogP contribution in [0.1, 0.15) is 329 Å². The van der Waals surface area contributed by atoms with Crippen molar-refractivity contribution in [3.8, 4) is 0 Å². The van der Waals surface area contributed by atoms with Crippen molar-refractivity contribution in [2.45, 2.75) is 341 Å². The third kappa shape index (κ3) is 68.9. The first kappa shape index (κ1) is 85.7. The molecule has 0 bridgehead atoms. The number of hydrogen-bond donors (Lipinski definition) is 2. The van der Waals surface area contributed by atoms with Crippen LogP contribution in [0.25, 0.3) is 0 Å². The number of allylic oxidation sites excluding steroid dienone is 17. The van der Waals surface area contributed by atoms with Gasteiger partial charge >= 0.3 is 13.8 Å². The zero-order valence-corrected chi connectivity index (χ0v) is 59.8. The van der Waals surface area contributed by atoms with Gasteiger partial charge in [0.1, 0.15) is 19.3 Å². The zero-order chi connectivity index (χ0) is 64.9. The zero-order valence-electron chi connectivity index (χ0n) is 58.9. The van der Waals surface area contributed by atoms with Crippen LogP contribution in [-0.4, -0.2) is 74.3 Å². The minimum absolute atomic E-state index is 0.0351. The highest BCUT2D eigenvalue weighted by atomic mass is 31.2. The molecule has 2 N–H and O–H groups in total. The summed E-state index contributed by atoms with van der Waals surface area (Å²) in [6.45, 7) is 6.90. The van der Waals surface area contributed by atoms with Crippen LogP contribution in [0.3, 0.4) is 0 Å². The van der Waals surface area contributed by atoms with Crippen molar-refractivity contribution in [3.05, 3.63) is 109 Å². The Balaban J connectivity index is 5.07. The minimum atomic E-state index is -4.46. The average Bonchev–Trinajstić information content (AvgIpc) is 3.63. The summed E-state index contributed by atoms with van der Waals surface area (Å²) in [6, 6.07) is -0.859. The molecule has 0 fully saturated rings. The Labute approximate surface area is 551 Å². The maximum absolute atomic E-state index is 13.6. The molecule has 3 atom stereocenters. The van der Waals surface area contributed by atoms with Crippen molar-refractivity contribution in [2.75, 3.05) is 40.9 Å². The fourth-order valence-electron chi connectivity index (χ4n) is 10.5. The predicted molar refractivity (Wildman–Crippen MR) is 387 cm³/mol. The number of nitrogens with one attached hydrogen (secondary N) is 1. The van der Waals surface area contributed by atoms with Crippen LogP contribution in [0.4, 0.5) is 0 Å². The van der Waals surface area contributed by atoms with E-state index in [1.165, 1.54) is 193 Å². The number of unbranched alkanes of at least 4 members (excludes halogenated alkanes) is 35. The smallest absolute Gasteiger partial charge is 0.456 e. The Kier molecular flexibility index (Phi) is 65.0. The van der Waals surface area contributed by atoms with Gasteiger partial charge in [0.05, 0.1) is 33.8 Å². The predicted octanol–water partition coefficient (Wildman–Crippen LogP) is 24.0. The number of amides is 1. The highest BCUT2D eigenvalue weighted by Crippen LogP contribution is 2.43. The lowest BCUT2D eigenvalue weighted by Gasteiger charge is -2.27. The van der Waals surface area contributed by atoms with Gasteiger partial charge in [-0.05, 0) is 115 Å². The molecule has 9 nitrogen and oxygen atoms in total. The second-order valence-corrected chi connectivity index (χ2v) is 27.5.